The van der Waals surface area contributed by atoms with Crippen LogP contribution in [0.1, 0.15) is 46.0 Å². The maximum Gasteiger partial charge on any atom is 0.246 e. The lowest BCUT2D eigenvalue weighted by Crippen LogP contribution is -2.35. The molecule has 8 heteroatoms. The fourth-order valence-electron chi connectivity index (χ4n) is 2.92. The van der Waals surface area contributed by atoms with Gasteiger partial charge >= 0.3 is 0 Å². The highest BCUT2D eigenvalue weighted by Gasteiger charge is 2.29. The van der Waals surface area contributed by atoms with E-state index in [2.05, 4.69) is 12.2 Å². The molecule has 2 rings (SSSR count). The largest absolute Gasteiger partial charge is 0.495 e. The molecule has 0 radical (unpaired) electrons. The van der Waals surface area contributed by atoms with Crippen molar-refractivity contribution >= 4 is 33.4 Å². The molecule has 1 atom stereocenters. The molecule has 1 fully saturated rings. The normalized spacial score (nSPS) is 16.7. The number of nitrogens with zero attached hydrogens (tertiary/aromatic N) is 1. The van der Waals surface area contributed by atoms with Crippen LogP contribution in [0.4, 0.5) is 5.69 Å². The van der Waals surface area contributed by atoms with Gasteiger partial charge in [0.25, 0.3) is 0 Å². The Balaban J connectivity index is 2.18. The van der Waals surface area contributed by atoms with Crippen molar-refractivity contribution in [3.05, 3.63) is 18.2 Å². The van der Waals surface area contributed by atoms with E-state index < -0.39 is 10.0 Å². The van der Waals surface area contributed by atoms with E-state index in [9.17, 15) is 13.2 Å². The topological polar surface area (TPSA) is 75.7 Å². The minimum atomic E-state index is -3.65. The van der Waals surface area contributed by atoms with Gasteiger partial charge in [-0.15, -0.1) is 11.8 Å². The van der Waals surface area contributed by atoms with Crippen molar-refractivity contribution in [2.45, 2.75) is 56.1 Å². The Labute approximate surface area is 167 Å². The van der Waals surface area contributed by atoms with Gasteiger partial charge in [-0.25, -0.2) is 8.42 Å². The van der Waals surface area contributed by atoms with Crippen LogP contribution in [0.3, 0.4) is 0 Å². The Morgan fingerprint density at radius 2 is 2.00 bits per heavy atom. The smallest absolute Gasteiger partial charge is 0.246 e. The summed E-state index contributed by atoms with van der Waals surface area (Å²) in [4.78, 5) is 12.5. The predicted molar refractivity (Wildman–Crippen MR) is 111 cm³/mol. The van der Waals surface area contributed by atoms with E-state index in [0.29, 0.717) is 24.5 Å². The van der Waals surface area contributed by atoms with Crippen LogP contribution in [0.2, 0.25) is 0 Å². The lowest BCUT2D eigenvalue weighted by Gasteiger charge is -2.26. The Bertz CT molecular complexity index is 731. The molecule has 0 bridgehead atoms. The first-order chi connectivity index (χ1) is 12.9. The van der Waals surface area contributed by atoms with Gasteiger partial charge in [-0.1, -0.05) is 19.8 Å². The highest BCUT2D eigenvalue weighted by atomic mass is 32.2. The van der Waals surface area contributed by atoms with Crippen LogP contribution in [-0.4, -0.2) is 49.8 Å². The SMILES string of the molecule is CCCCSC(C)C(=O)Nc1ccc(OC)c(S(=O)(=O)N2CCCCC2)c1. The second kappa shape index (κ2) is 10.3. The number of anilines is 1. The number of methoxy groups -OCH3 is 1. The Hall–Kier alpha value is -1.25. The third-order valence-corrected chi connectivity index (χ3v) is 7.76. The fraction of sp³-hybridized carbons (Fsp3) is 0.632. The molecule has 1 amide bonds. The van der Waals surface area contributed by atoms with Gasteiger partial charge in [0.1, 0.15) is 10.6 Å². The van der Waals surface area contributed by atoms with Gasteiger partial charge in [-0.3, -0.25) is 4.79 Å². The summed E-state index contributed by atoms with van der Waals surface area (Å²) in [5, 5.41) is 2.64. The van der Waals surface area contributed by atoms with Gasteiger partial charge < -0.3 is 10.1 Å². The van der Waals surface area contributed by atoms with Crippen LogP contribution in [0.25, 0.3) is 0 Å². The van der Waals surface area contributed by atoms with Gasteiger partial charge in [-0.05, 0) is 50.1 Å². The third-order valence-electron chi connectivity index (χ3n) is 4.60. The molecule has 1 unspecified atom stereocenters. The zero-order valence-electron chi connectivity index (χ0n) is 16.4. The molecule has 152 valence electrons. The number of rotatable bonds is 9. The minimum Gasteiger partial charge on any atom is -0.495 e. The molecule has 1 aliphatic heterocycles. The first kappa shape index (κ1) is 22.0. The summed E-state index contributed by atoms with van der Waals surface area (Å²) in [6, 6.07) is 4.78. The summed E-state index contributed by atoms with van der Waals surface area (Å²) in [5.41, 5.74) is 0.472. The van der Waals surface area contributed by atoms with Gasteiger partial charge in [0, 0.05) is 18.8 Å². The molecule has 1 aromatic carbocycles. The van der Waals surface area contributed by atoms with Crippen molar-refractivity contribution in [3.63, 3.8) is 0 Å². The molecule has 0 aliphatic carbocycles. The summed E-state index contributed by atoms with van der Waals surface area (Å²) < 4.78 is 32.9. The third kappa shape index (κ3) is 5.86. The molecule has 1 saturated heterocycles. The van der Waals surface area contributed by atoms with Gasteiger partial charge in [0.05, 0.1) is 12.4 Å². The molecule has 6 nitrogen and oxygen atoms in total. The average molecular weight is 415 g/mol. The van der Waals surface area contributed by atoms with Gasteiger partial charge in [0.2, 0.25) is 15.9 Å². The zero-order chi connectivity index (χ0) is 19.9. The lowest BCUT2D eigenvalue weighted by molar-refractivity contribution is -0.115. The molecular weight excluding hydrogens is 384 g/mol. The molecule has 1 aromatic rings. The van der Waals surface area contributed by atoms with E-state index in [0.717, 1.165) is 37.9 Å². The Morgan fingerprint density at radius 3 is 2.63 bits per heavy atom. The molecule has 1 aliphatic rings. The summed E-state index contributed by atoms with van der Waals surface area (Å²) >= 11 is 1.61. The quantitative estimate of drug-likeness (QED) is 0.623. The maximum atomic E-state index is 13.0. The predicted octanol–water partition coefficient (Wildman–Crippen LogP) is 3.73. The summed E-state index contributed by atoms with van der Waals surface area (Å²) in [5.74, 6) is 1.11. The summed E-state index contributed by atoms with van der Waals surface area (Å²) in [6.45, 7) is 5.03. The number of hydrogen-bond acceptors (Lipinski definition) is 5. The number of nitrogens with one attached hydrogen (secondary N) is 1. The molecule has 0 saturated carbocycles. The number of unbranched alkanes of at least 4 members (excludes halogenated alkanes) is 1. The number of carbonyl (C=O) groups excluding carboxylic acids is 1. The standard InChI is InChI=1S/C19H30N2O4S2/c1-4-5-13-26-15(2)19(22)20-16-9-10-17(25-3)18(14-16)27(23,24)21-11-7-6-8-12-21/h9-10,14-15H,4-8,11-13H2,1-3H3,(H,20,22). The zero-order valence-corrected chi connectivity index (χ0v) is 18.0. The lowest BCUT2D eigenvalue weighted by atomic mass is 10.2. The van der Waals surface area contributed by atoms with Crippen molar-refractivity contribution in [1.82, 2.24) is 4.31 Å². The van der Waals surface area contributed by atoms with E-state index in [-0.39, 0.29) is 16.1 Å². The number of sulfonamides is 1. The first-order valence-corrected chi connectivity index (χ1v) is 12.0. The number of thioether (sulfide) groups is 1. The highest BCUT2D eigenvalue weighted by molar-refractivity contribution is 8.00. The van der Waals surface area contributed by atoms with E-state index >= 15 is 0 Å². The average Bonchev–Trinajstić information content (AvgIpc) is 2.68. The fourth-order valence-corrected chi connectivity index (χ4v) is 5.64. The minimum absolute atomic E-state index is 0.107. The second-order valence-corrected chi connectivity index (χ2v) is 10.0. The number of carbonyl (C=O) groups is 1. The van der Waals surface area contributed by atoms with E-state index in [4.69, 9.17) is 4.74 Å². The first-order valence-electron chi connectivity index (χ1n) is 9.50. The molecule has 27 heavy (non-hydrogen) atoms. The monoisotopic (exact) mass is 414 g/mol. The van der Waals surface area contributed by atoms with Crippen LogP contribution in [0, 0.1) is 0 Å². The molecule has 1 heterocycles. The molecular formula is C19H30N2O4S2. The van der Waals surface area contributed by atoms with Crippen LogP contribution in [0.5, 0.6) is 5.75 Å². The Morgan fingerprint density at radius 1 is 1.30 bits per heavy atom. The van der Waals surface area contributed by atoms with E-state index in [1.807, 2.05) is 6.92 Å². The number of hydrogen-bond donors (Lipinski definition) is 1. The van der Waals surface area contributed by atoms with E-state index in [1.54, 1.807) is 23.9 Å². The number of piperidine rings is 1. The molecule has 1 N–H and O–H groups in total. The van der Waals surface area contributed by atoms with Crippen molar-refractivity contribution in [1.29, 1.82) is 0 Å². The summed E-state index contributed by atoms with van der Waals surface area (Å²) in [6.07, 6.45) is 4.95. The number of benzene rings is 1. The van der Waals surface area contributed by atoms with Crippen molar-refractivity contribution < 1.29 is 17.9 Å². The van der Waals surface area contributed by atoms with Gasteiger partial charge in [-0.2, -0.15) is 4.31 Å². The van der Waals surface area contributed by atoms with Crippen LogP contribution < -0.4 is 10.1 Å². The van der Waals surface area contributed by atoms with Gasteiger partial charge in [0.15, 0.2) is 0 Å². The molecule has 0 spiro atoms. The van der Waals surface area contributed by atoms with Crippen molar-refractivity contribution in [2.75, 3.05) is 31.3 Å². The summed E-state index contributed by atoms with van der Waals surface area (Å²) in [7, 11) is -2.20. The van der Waals surface area contributed by atoms with Crippen molar-refractivity contribution in [2.24, 2.45) is 0 Å². The van der Waals surface area contributed by atoms with E-state index in [1.165, 1.54) is 17.5 Å². The second-order valence-electron chi connectivity index (χ2n) is 6.69. The van der Waals surface area contributed by atoms with Crippen LogP contribution >= 0.6 is 11.8 Å². The maximum absolute atomic E-state index is 13.0. The van der Waals surface area contributed by atoms with Crippen LogP contribution in [0.15, 0.2) is 23.1 Å². The highest BCUT2D eigenvalue weighted by Crippen LogP contribution is 2.31. The van der Waals surface area contributed by atoms with Crippen LogP contribution in [-0.2, 0) is 14.8 Å². The van der Waals surface area contributed by atoms with Crippen molar-refractivity contribution in [3.8, 4) is 5.75 Å². The molecule has 0 aromatic heterocycles. The number of amides is 1. The number of ether oxygens (including phenoxy) is 1. The Kier molecular flexibility index (Phi) is 8.44.